The fourth-order valence-electron chi connectivity index (χ4n) is 2.43. The van der Waals surface area contributed by atoms with E-state index < -0.39 is 0 Å². The molecule has 2 heterocycles. The molecule has 0 unspecified atom stereocenters. The highest BCUT2D eigenvalue weighted by molar-refractivity contribution is 5.26. The quantitative estimate of drug-likeness (QED) is 0.778. The molecule has 1 saturated carbocycles. The van der Waals surface area contributed by atoms with Crippen LogP contribution in [0.1, 0.15) is 25.0 Å². The molecule has 3 rings (SSSR count). The molecule has 2 aromatic rings. The second-order valence-corrected chi connectivity index (χ2v) is 4.89. The van der Waals surface area contributed by atoms with Gasteiger partial charge < -0.3 is 5.11 Å². The summed E-state index contributed by atoms with van der Waals surface area (Å²) in [7, 11) is 0. The largest absolute Gasteiger partial charge is 0.395 e. The van der Waals surface area contributed by atoms with E-state index >= 15 is 0 Å². The van der Waals surface area contributed by atoms with Crippen molar-refractivity contribution in [1.29, 1.82) is 0 Å². The molecule has 0 spiro atoms. The van der Waals surface area contributed by atoms with Gasteiger partial charge in [0.05, 0.1) is 12.3 Å². The third kappa shape index (κ3) is 2.39. The van der Waals surface area contributed by atoms with Crippen LogP contribution in [-0.2, 0) is 6.54 Å². The fourth-order valence-corrected chi connectivity index (χ4v) is 2.43. The predicted molar refractivity (Wildman–Crippen MR) is 68.7 cm³/mol. The zero-order valence-corrected chi connectivity index (χ0v) is 10.6. The molecule has 1 aliphatic rings. The van der Waals surface area contributed by atoms with Gasteiger partial charge in [0.2, 0.25) is 0 Å². The SMILES string of the molecule is O=c1cc(CN(CCO)C2CCC2)nc2nc[nH]n12. The topological polar surface area (TPSA) is 86.5 Å². The van der Waals surface area contributed by atoms with E-state index in [4.69, 9.17) is 5.11 Å². The number of H-pyrrole nitrogens is 1. The maximum atomic E-state index is 11.8. The first kappa shape index (κ1) is 12.3. The summed E-state index contributed by atoms with van der Waals surface area (Å²) >= 11 is 0. The summed E-state index contributed by atoms with van der Waals surface area (Å²) in [5, 5.41) is 11.8. The molecular formula is C12H17N5O2. The number of fused-ring (bicyclic) bond motifs is 1. The molecule has 0 radical (unpaired) electrons. The number of aliphatic hydroxyl groups excluding tert-OH is 1. The molecular weight excluding hydrogens is 246 g/mol. The first-order chi connectivity index (χ1) is 9.28. The number of aliphatic hydroxyl groups is 1. The Morgan fingerprint density at radius 1 is 1.53 bits per heavy atom. The minimum absolute atomic E-state index is 0.125. The second kappa shape index (κ2) is 5.10. The van der Waals surface area contributed by atoms with Gasteiger partial charge in [-0.15, -0.1) is 0 Å². The van der Waals surface area contributed by atoms with Crippen LogP contribution in [-0.4, -0.2) is 48.8 Å². The van der Waals surface area contributed by atoms with E-state index in [-0.39, 0.29) is 12.2 Å². The maximum absolute atomic E-state index is 11.8. The lowest BCUT2D eigenvalue weighted by Gasteiger charge is -2.36. The van der Waals surface area contributed by atoms with E-state index in [1.54, 1.807) is 0 Å². The summed E-state index contributed by atoms with van der Waals surface area (Å²) in [6, 6.07) is 2.03. The summed E-state index contributed by atoms with van der Waals surface area (Å²) in [6.45, 7) is 1.33. The van der Waals surface area contributed by atoms with E-state index in [1.165, 1.54) is 23.3 Å². The number of aromatic amines is 1. The van der Waals surface area contributed by atoms with Gasteiger partial charge in [0.25, 0.3) is 11.3 Å². The van der Waals surface area contributed by atoms with Crippen LogP contribution in [0, 0.1) is 0 Å². The van der Waals surface area contributed by atoms with Crippen molar-refractivity contribution in [2.75, 3.05) is 13.2 Å². The van der Waals surface area contributed by atoms with Crippen molar-refractivity contribution in [1.82, 2.24) is 24.5 Å². The molecule has 0 atom stereocenters. The summed E-state index contributed by atoms with van der Waals surface area (Å²) in [4.78, 5) is 22.4. The van der Waals surface area contributed by atoms with Crippen LogP contribution >= 0.6 is 0 Å². The van der Waals surface area contributed by atoms with Crippen LogP contribution in [0.5, 0.6) is 0 Å². The third-order valence-corrected chi connectivity index (χ3v) is 3.66. The normalized spacial score (nSPS) is 16.1. The molecule has 7 heteroatoms. The zero-order chi connectivity index (χ0) is 13.2. The van der Waals surface area contributed by atoms with Crippen molar-refractivity contribution >= 4 is 5.78 Å². The lowest BCUT2D eigenvalue weighted by Crippen LogP contribution is -2.41. The number of nitrogens with zero attached hydrogens (tertiary/aromatic N) is 4. The van der Waals surface area contributed by atoms with Gasteiger partial charge in [0, 0.05) is 25.2 Å². The van der Waals surface area contributed by atoms with E-state index in [2.05, 4.69) is 20.0 Å². The number of rotatable bonds is 5. The van der Waals surface area contributed by atoms with Gasteiger partial charge in [-0.05, 0) is 12.8 Å². The minimum atomic E-state index is -0.157. The van der Waals surface area contributed by atoms with Crippen LogP contribution < -0.4 is 5.56 Å². The van der Waals surface area contributed by atoms with Crippen LogP contribution in [0.3, 0.4) is 0 Å². The Kier molecular flexibility index (Phi) is 3.31. The van der Waals surface area contributed by atoms with Gasteiger partial charge in [-0.3, -0.25) is 14.8 Å². The summed E-state index contributed by atoms with van der Waals surface area (Å²) in [6.07, 6.45) is 5.00. The van der Waals surface area contributed by atoms with Crippen molar-refractivity contribution in [2.45, 2.75) is 31.8 Å². The van der Waals surface area contributed by atoms with Crippen LogP contribution in [0.4, 0.5) is 0 Å². The summed E-state index contributed by atoms with van der Waals surface area (Å²) < 4.78 is 1.31. The zero-order valence-electron chi connectivity index (χ0n) is 10.6. The van der Waals surface area contributed by atoms with Gasteiger partial charge in [-0.1, -0.05) is 6.42 Å². The smallest absolute Gasteiger partial charge is 0.274 e. The highest BCUT2D eigenvalue weighted by Crippen LogP contribution is 2.25. The molecule has 2 N–H and O–H groups in total. The Morgan fingerprint density at radius 2 is 2.37 bits per heavy atom. The van der Waals surface area contributed by atoms with Crippen molar-refractivity contribution in [2.24, 2.45) is 0 Å². The number of hydrogen-bond acceptors (Lipinski definition) is 5. The first-order valence-electron chi connectivity index (χ1n) is 6.55. The van der Waals surface area contributed by atoms with Crippen LogP contribution in [0.15, 0.2) is 17.2 Å². The van der Waals surface area contributed by atoms with Crippen molar-refractivity contribution in [3.8, 4) is 0 Å². The summed E-state index contributed by atoms with van der Waals surface area (Å²) in [5.74, 6) is 0.389. The molecule has 0 aliphatic heterocycles. The van der Waals surface area contributed by atoms with Crippen molar-refractivity contribution in [3.05, 3.63) is 28.4 Å². The minimum Gasteiger partial charge on any atom is -0.395 e. The lowest BCUT2D eigenvalue weighted by molar-refractivity contribution is 0.0933. The molecule has 19 heavy (non-hydrogen) atoms. The Morgan fingerprint density at radius 3 is 3.05 bits per heavy atom. The fraction of sp³-hybridized carbons (Fsp3) is 0.583. The van der Waals surface area contributed by atoms with Gasteiger partial charge >= 0.3 is 0 Å². The van der Waals surface area contributed by atoms with Gasteiger partial charge in [0.15, 0.2) is 0 Å². The molecule has 0 saturated heterocycles. The molecule has 1 fully saturated rings. The van der Waals surface area contributed by atoms with Crippen molar-refractivity contribution in [3.63, 3.8) is 0 Å². The Labute approximate surface area is 109 Å². The average Bonchev–Trinajstić information content (AvgIpc) is 2.75. The van der Waals surface area contributed by atoms with Crippen LogP contribution in [0.2, 0.25) is 0 Å². The average molecular weight is 263 g/mol. The lowest BCUT2D eigenvalue weighted by atomic mass is 9.91. The third-order valence-electron chi connectivity index (χ3n) is 3.66. The second-order valence-electron chi connectivity index (χ2n) is 4.89. The summed E-state index contributed by atoms with van der Waals surface area (Å²) in [5.41, 5.74) is 0.549. The monoisotopic (exact) mass is 263 g/mol. The van der Waals surface area contributed by atoms with E-state index in [0.717, 1.165) is 12.8 Å². The highest BCUT2D eigenvalue weighted by atomic mass is 16.3. The first-order valence-corrected chi connectivity index (χ1v) is 6.55. The van der Waals surface area contributed by atoms with Gasteiger partial charge in [0.1, 0.15) is 6.33 Å². The molecule has 0 bridgehead atoms. The molecule has 0 amide bonds. The van der Waals surface area contributed by atoms with Crippen molar-refractivity contribution < 1.29 is 5.11 Å². The standard InChI is InChI=1S/C12H17N5O2/c18-5-4-16(10-2-1-3-10)7-9-6-11(19)17-12(15-9)13-8-14-17/h6,8,10,18H,1-5,7H2,(H,13,14,15). The van der Waals surface area contributed by atoms with E-state index in [9.17, 15) is 4.79 Å². The number of nitrogens with one attached hydrogen (secondary N) is 1. The molecule has 7 nitrogen and oxygen atoms in total. The number of hydrogen-bond donors (Lipinski definition) is 2. The van der Waals surface area contributed by atoms with Gasteiger partial charge in [-0.2, -0.15) is 4.52 Å². The predicted octanol–water partition coefficient (Wildman–Crippen LogP) is -0.236. The molecule has 0 aromatic carbocycles. The Bertz CT molecular complexity index is 616. The number of aromatic nitrogens is 4. The van der Waals surface area contributed by atoms with E-state index in [0.29, 0.717) is 30.6 Å². The Hall–Kier alpha value is -1.73. The highest BCUT2D eigenvalue weighted by Gasteiger charge is 2.25. The molecule has 102 valence electrons. The maximum Gasteiger partial charge on any atom is 0.274 e. The molecule has 2 aromatic heterocycles. The Balaban J connectivity index is 1.84. The molecule has 1 aliphatic carbocycles. The van der Waals surface area contributed by atoms with Gasteiger partial charge in [-0.25, -0.2) is 9.97 Å². The van der Waals surface area contributed by atoms with E-state index in [1.807, 2.05) is 0 Å². The van der Waals surface area contributed by atoms with Crippen LogP contribution in [0.25, 0.3) is 5.78 Å².